The van der Waals surface area contributed by atoms with E-state index < -0.39 is 6.10 Å². The fourth-order valence-corrected chi connectivity index (χ4v) is 2.82. The third-order valence-electron chi connectivity index (χ3n) is 3.80. The summed E-state index contributed by atoms with van der Waals surface area (Å²) in [4.78, 5) is 10.7. The number of β-amino-alcohol motifs (C(OH)–C–C–N with tert-alkyl or cyclic N) is 1. The van der Waals surface area contributed by atoms with Gasteiger partial charge in [0.05, 0.1) is 19.3 Å². The molecule has 1 saturated heterocycles. The first-order chi connectivity index (χ1) is 10.6. The fourth-order valence-electron chi connectivity index (χ4n) is 2.82. The summed E-state index contributed by atoms with van der Waals surface area (Å²) in [6.07, 6.45) is 0.0201. The molecular formula is C16H18FN3O2. The van der Waals surface area contributed by atoms with Crippen molar-refractivity contribution in [2.75, 3.05) is 18.6 Å². The molecule has 0 unspecified atom stereocenters. The minimum atomic E-state index is -0.497. The number of ether oxygens (including phenoxy) is 1. The smallest absolute Gasteiger partial charge is 0.229 e. The first-order valence-corrected chi connectivity index (χ1v) is 7.16. The third-order valence-corrected chi connectivity index (χ3v) is 3.80. The first kappa shape index (κ1) is 14.7. The molecule has 116 valence electrons. The Morgan fingerprint density at radius 3 is 2.86 bits per heavy atom. The number of aromatic nitrogens is 2. The van der Waals surface area contributed by atoms with E-state index in [0.29, 0.717) is 24.8 Å². The van der Waals surface area contributed by atoms with Crippen LogP contribution in [0.1, 0.15) is 23.7 Å². The summed E-state index contributed by atoms with van der Waals surface area (Å²) in [6.45, 7) is 2.27. The van der Waals surface area contributed by atoms with Crippen LogP contribution in [0, 0.1) is 12.7 Å². The molecule has 22 heavy (non-hydrogen) atoms. The van der Waals surface area contributed by atoms with Gasteiger partial charge in [0, 0.05) is 18.3 Å². The predicted molar refractivity (Wildman–Crippen MR) is 80.4 cm³/mol. The molecule has 6 heteroatoms. The molecule has 2 aromatic rings. The zero-order valence-electron chi connectivity index (χ0n) is 12.5. The summed E-state index contributed by atoms with van der Waals surface area (Å²) >= 11 is 0. The molecule has 2 heterocycles. The van der Waals surface area contributed by atoms with Crippen LogP contribution in [-0.2, 0) is 0 Å². The number of aliphatic hydroxyl groups excluding tert-OH is 1. The molecule has 3 rings (SSSR count). The lowest BCUT2D eigenvalue weighted by Gasteiger charge is -2.25. The van der Waals surface area contributed by atoms with Crippen LogP contribution in [-0.4, -0.2) is 34.8 Å². The molecule has 0 spiro atoms. The first-order valence-electron chi connectivity index (χ1n) is 7.16. The maximum Gasteiger partial charge on any atom is 0.229 e. The van der Waals surface area contributed by atoms with E-state index >= 15 is 0 Å². The van der Waals surface area contributed by atoms with Gasteiger partial charge in [0.1, 0.15) is 5.82 Å². The number of nitrogens with zero attached hydrogens (tertiary/aromatic N) is 3. The fraction of sp³-hybridized carbons (Fsp3) is 0.375. The van der Waals surface area contributed by atoms with E-state index in [1.165, 1.54) is 12.1 Å². The standard InChI is InChI=1S/C16H18FN3O2/c1-10-6-15(22-2)19-16(18-10)20-9-13(21)8-14(20)11-4-3-5-12(17)7-11/h3-7,13-14,21H,8-9H2,1-2H3/t13-,14-/m1/s1. The average molecular weight is 303 g/mol. The highest BCUT2D eigenvalue weighted by Gasteiger charge is 2.34. The summed E-state index contributed by atoms with van der Waals surface area (Å²) in [5, 5.41) is 10.0. The Balaban J connectivity index is 1.99. The van der Waals surface area contributed by atoms with Crippen LogP contribution in [0.2, 0.25) is 0 Å². The molecule has 1 aliphatic rings. The van der Waals surface area contributed by atoms with E-state index in [1.54, 1.807) is 19.2 Å². The van der Waals surface area contributed by atoms with Crippen molar-refractivity contribution >= 4 is 5.95 Å². The third kappa shape index (κ3) is 2.87. The number of halogens is 1. The van der Waals surface area contributed by atoms with Gasteiger partial charge in [0.2, 0.25) is 11.8 Å². The van der Waals surface area contributed by atoms with Gasteiger partial charge >= 0.3 is 0 Å². The van der Waals surface area contributed by atoms with Crippen molar-refractivity contribution in [3.63, 3.8) is 0 Å². The Morgan fingerprint density at radius 2 is 2.14 bits per heavy atom. The van der Waals surface area contributed by atoms with Crippen molar-refractivity contribution in [3.05, 3.63) is 47.4 Å². The number of benzene rings is 1. The van der Waals surface area contributed by atoms with Gasteiger partial charge in [-0.05, 0) is 31.0 Å². The molecule has 1 fully saturated rings. The van der Waals surface area contributed by atoms with E-state index in [1.807, 2.05) is 17.9 Å². The van der Waals surface area contributed by atoms with Crippen LogP contribution in [0.25, 0.3) is 0 Å². The van der Waals surface area contributed by atoms with Crippen LogP contribution in [0.15, 0.2) is 30.3 Å². The largest absolute Gasteiger partial charge is 0.481 e. The highest BCUT2D eigenvalue weighted by molar-refractivity contribution is 5.41. The summed E-state index contributed by atoms with van der Waals surface area (Å²) in [5.41, 5.74) is 1.59. The molecular weight excluding hydrogens is 285 g/mol. The summed E-state index contributed by atoms with van der Waals surface area (Å²) in [7, 11) is 1.55. The van der Waals surface area contributed by atoms with Crippen molar-refractivity contribution in [2.24, 2.45) is 0 Å². The van der Waals surface area contributed by atoms with Gasteiger partial charge in [0.15, 0.2) is 0 Å². The van der Waals surface area contributed by atoms with Crippen LogP contribution >= 0.6 is 0 Å². The predicted octanol–water partition coefficient (Wildman–Crippen LogP) is 2.25. The van der Waals surface area contributed by atoms with Gasteiger partial charge in [-0.15, -0.1) is 0 Å². The van der Waals surface area contributed by atoms with Gasteiger partial charge in [-0.25, -0.2) is 9.37 Å². The zero-order chi connectivity index (χ0) is 15.7. The zero-order valence-corrected chi connectivity index (χ0v) is 12.5. The van der Waals surface area contributed by atoms with Gasteiger partial charge in [-0.2, -0.15) is 4.98 Å². The van der Waals surface area contributed by atoms with E-state index in [9.17, 15) is 9.50 Å². The van der Waals surface area contributed by atoms with Crippen LogP contribution in [0.5, 0.6) is 5.88 Å². The number of methoxy groups -OCH3 is 1. The van der Waals surface area contributed by atoms with Crippen LogP contribution in [0.4, 0.5) is 10.3 Å². The minimum Gasteiger partial charge on any atom is -0.481 e. The average Bonchev–Trinajstić information content (AvgIpc) is 2.88. The number of hydrogen-bond donors (Lipinski definition) is 1. The van der Waals surface area contributed by atoms with Crippen molar-refractivity contribution < 1.29 is 14.2 Å². The molecule has 0 saturated carbocycles. The van der Waals surface area contributed by atoms with Crippen molar-refractivity contribution in [1.82, 2.24) is 9.97 Å². The van der Waals surface area contributed by atoms with Crippen LogP contribution in [0.3, 0.4) is 0 Å². The molecule has 1 aliphatic heterocycles. The van der Waals surface area contributed by atoms with E-state index in [4.69, 9.17) is 4.74 Å². The maximum absolute atomic E-state index is 13.5. The lowest BCUT2D eigenvalue weighted by molar-refractivity contribution is 0.194. The van der Waals surface area contributed by atoms with E-state index in [0.717, 1.165) is 11.3 Å². The summed E-state index contributed by atoms with van der Waals surface area (Å²) < 4.78 is 18.7. The molecule has 0 bridgehead atoms. The Morgan fingerprint density at radius 1 is 1.32 bits per heavy atom. The monoisotopic (exact) mass is 303 g/mol. The lowest BCUT2D eigenvalue weighted by Crippen LogP contribution is -2.26. The topological polar surface area (TPSA) is 58.5 Å². The van der Waals surface area contributed by atoms with Gasteiger partial charge in [-0.1, -0.05) is 12.1 Å². The number of hydrogen-bond acceptors (Lipinski definition) is 5. The number of rotatable bonds is 3. The highest BCUT2D eigenvalue weighted by atomic mass is 19.1. The molecule has 1 N–H and O–H groups in total. The Labute approximate surface area is 128 Å². The Hall–Kier alpha value is -2.21. The maximum atomic E-state index is 13.5. The summed E-state index contributed by atoms with van der Waals surface area (Å²) in [6, 6.07) is 8.01. The van der Waals surface area contributed by atoms with Crippen molar-refractivity contribution in [1.29, 1.82) is 0 Å². The molecule has 0 amide bonds. The Bertz CT molecular complexity index is 680. The lowest BCUT2D eigenvalue weighted by atomic mass is 10.0. The molecule has 1 aromatic carbocycles. The normalized spacial score (nSPS) is 21.2. The van der Waals surface area contributed by atoms with Gasteiger partial charge in [0.25, 0.3) is 0 Å². The molecule has 1 aromatic heterocycles. The molecule has 0 radical (unpaired) electrons. The second-order valence-electron chi connectivity index (χ2n) is 5.46. The second kappa shape index (κ2) is 5.88. The SMILES string of the molecule is COc1cc(C)nc(N2C[C@H](O)C[C@@H]2c2cccc(F)c2)n1. The van der Waals surface area contributed by atoms with E-state index in [-0.39, 0.29) is 11.9 Å². The van der Waals surface area contributed by atoms with Crippen molar-refractivity contribution in [2.45, 2.75) is 25.5 Å². The minimum absolute atomic E-state index is 0.155. The highest BCUT2D eigenvalue weighted by Crippen LogP contribution is 2.35. The number of anilines is 1. The molecule has 0 aliphatic carbocycles. The molecule has 5 nitrogen and oxygen atoms in total. The number of aryl methyl sites for hydroxylation is 1. The summed E-state index contributed by atoms with van der Waals surface area (Å²) in [5.74, 6) is 0.672. The molecule has 2 atom stereocenters. The van der Waals surface area contributed by atoms with Crippen molar-refractivity contribution in [3.8, 4) is 5.88 Å². The van der Waals surface area contributed by atoms with E-state index in [2.05, 4.69) is 9.97 Å². The second-order valence-corrected chi connectivity index (χ2v) is 5.46. The Kier molecular flexibility index (Phi) is 3.94. The number of aliphatic hydroxyl groups is 1. The van der Waals surface area contributed by atoms with Gasteiger partial charge < -0.3 is 14.7 Å². The van der Waals surface area contributed by atoms with Gasteiger partial charge in [-0.3, -0.25) is 0 Å². The quantitative estimate of drug-likeness (QED) is 0.942. The van der Waals surface area contributed by atoms with Crippen LogP contribution < -0.4 is 9.64 Å².